The summed E-state index contributed by atoms with van der Waals surface area (Å²) in [6.45, 7) is 6.09. The van der Waals surface area contributed by atoms with Crippen LogP contribution in [0.5, 0.6) is 0 Å². The van der Waals surface area contributed by atoms with Crippen LogP contribution >= 0.6 is 11.3 Å². The van der Waals surface area contributed by atoms with E-state index in [2.05, 4.69) is 12.2 Å². The molecule has 5 heteroatoms. The third-order valence-corrected chi connectivity index (χ3v) is 5.30. The van der Waals surface area contributed by atoms with Crippen LogP contribution in [0.3, 0.4) is 0 Å². The maximum Gasteiger partial charge on any atom is 0.305 e. The van der Waals surface area contributed by atoms with E-state index in [-0.39, 0.29) is 24.3 Å². The van der Waals surface area contributed by atoms with Gasteiger partial charge in [-0.15, -0.1) is 11.3 Å². The number of carboxylic acid groups (broad SMARTS) is 1. The molecule has 1 amide bonds. The number of rotatable bonds is 5. The van der Waals surface area contributed by atoms with E-state index in [0.717, 1.165) is 12.8 Å². The topological polar surface area (TPSA) is 66.4 Å². The van der Waals surface area contributed by atoms with E-state index < -0.39 is 5.97 Å². The summed E-state index contributed by atoms with van der Waals surface area (Å²) in [7, 11) is 0. The number of hydrogen-bond acceptors (Lipinski definition) is 3. The first-order valence-corrected chi connectivity index (χ1v) is 8.32. The minimum atomic E-state index is -0.881. The molecule has 0 radical (unpaired) electrons. The molecule has 2 N–H and O–H groups in total. The maximum absolute atomic E-state index is 12.3. The lowest BCUT2D eigenvalue weighted by Gasteiger charge is -2.20. The number of hydrogen-bond donors (Lipinski definition) is 2. The molecule has 0 bridgehead atoms. The van der Waals surface area contributed by atoms with Crippen molar-refractivity contribution in [3.63, 3.8) is 0 Å². The van der Waals surface area contributed by atoms with Gasteiger partial charge in [-0.25, -0.2) is 0 Å². The van der Waals surface area contributed by atoms with Crippen molar-refractivity contribution in [1.82, 2.24) is 5.32 Å². The Kier molecular flexibility index (Phi) is 5.04. The molecule has 0 saturated heterocycles. The van der Waals surface area contributed by atoms with Gasteiger partial charge < -0.3 is 10.4 Å². The number of thiophene rings is 1. The Morgan fingerprint density at radius 1 is 1.48 bits per heavy atom. The van der Waals surface area contributed by atoms with E-state index in [1.807, 2.05) is 19.9 Å². The molecule has 1 aromatic heterocycles. The van der Waals surface area contributed by atoms with Crippen LogP contribution in [0.4, 0.5) is 0 Å². The number of aliphatic carboxylic acids is 1. The zero-order valence-corrected chi connectivity index (χ0v) is 13.6. The summed E-state index contributed by atoms with van der Waals surface area (Å²) in [5, 5.41) is 11.8. The first-order chi connectivity index (χ1) is 9.86. The third-order valence-electron chi connectivity index (χ3n) is 4.07. The van der Waals surface area contributed by atoms with Crippen molar-refractivity contribution in [2.75, 3.05) is 0 Å². The number of carbonyl (C=O) groups is 2. The van der Waals surface area contributed by atoms with Crippen molar-refractivity contribution >= 4 is 23.2 Å². The highest BCUT2D eigenvalue weighted by molar-refractivity contribution is 7.14. The Bertz CT molecular complexity index is 536. The maximum atomic E-state index is 12.3. The molecule has 0 aromatic carbocycles. The summed E-state index contributed by atoms with van der Waals surface area (Å²) in [6, 6.07) is 1.66. The van der Waals surface area contributed by atoms with Crippen molar-refractivity contribution in [3.8, 4) is 0 Å². The predicted octanol–water partition coefficient (Wildman–Crippen LogP) is 3.10. The summed E-state index contributed by atoms with van der Waals surface area (Å²) in [5.74, 6) is -0.242. The lowest BCUT2D eigenvalue weighted by Crippen LogP contribution is -2.39. The zero-order chi connectivity index (χ0) is 15.6. The fourth-order valence-corrected chi connectivity index (χ4v) is 3.81. The lowest BCUT2D eigenvalue weighted by atomic mass is 9.90. The van der Waals surface area contributed by atoms with Gasteiger partial charge in [0, 0.05) is 10.9 Å². The van der Waals surface area contributed by atoms with Crippen LogP contribution in [0.25, 0.3) is 0 Å². The second-order valence-electron chi connectivity index (χ2n) is 6.33. The van der Waals surface area contributed by atoms with Crippen LogP contribution in [0.1, 0.15) is 53.7 Å². The lowest BCUT2D eigenvalue weighted by molar-refractivity contribution is -0.137. The number of carbonyl (C=O) groups excluding carboxylic acids is 1. The van der Waals surface area contributed by atoms with Crippen LogP contribution in [-0.2, 0) is 17.6 Å². The Hall–Kier alpha value is -1.36. The zero-order valence-electron chi connectivity index (χ0n) is 12.8. The summed E-state index contributed by atoms with van der Waals surface area (Å²) < 4.78 is 0. The SMILES string of the molecule is CC1CCc2sc(C(=O)NC(CC(=O)O)C(C)C)cc2C1. The molecule has 1 aromatic rings. The predicted molar refractivity (Wildman–Crippen MR) is 83.9 cm³/mol. The van der Waals surface area contributed by atoms with E-state index in [1.54, 1.807) is 11.3 Å². The summed E-state index contributed by atoms with van der Waals surface area (Å²) in [6.07, 6.45) is 3.24. The normalized spacial score (nSPS) is 19.1. The average molecular weight is 309 g/mol. The first kappa shape index (κ1) is 16.0. The van der Waals surface area contributed by atoms with Crippen molar-refractivity contribution in [3.05, 3.63) is 21.4 Å². The van der Waals surface area contributed by atoms with Gasteiger partial charge in [0.1, 0.15) is 0 Å². The van der Waals surface area contributed by atoms with E-state index in [1.165, 1.54) is 16.9 Å². The second-order valence-corrected chi connectivity index (χ2v) is 7.47. The highest BCUT2D eigenvalue weighted by Gasteiger charge is 2.24. The van der Waals surface area contributed by atoms with E-state index in [4.69, 9.17) is 5.11 Å². The molecule has 0 fully saturated rings. The van der Waals surface area contributed by atoms with Gasteiger partial charge in [-0.3, -0.25) is 9.59 Å². The Balaban J connectivity index is 2.07. The van der Waals surface area contributed by atoms with Crippen LogP contribution in [-0.4, -0.2) is 23.0 Å². The molecule has 0 saturated carbocycles. The molecule has 2 unspecified atom stereocenters. The number of nitrogens with one attached hydrogen (secondary N) is 1. The number of fused-ring (bicyclic) bond motifs is 1. The van der Waals surface area contributed by atoms with Crippen molar-refractivity contribution in [1.29, 1.82) is 0 Å². The number of carboxylic acids is 1. The molecule has 4 nitrogen and oxygen atoms in total. The standard InChI is InChI=1S/C16H23NO3S/c1-9(2)12(8-15(18)19)17-16(20)14-7-11-6-10(3)4-5-13(11)21-14/h7,9-10,12H,4-6,8H2,1-3H3,(H,17,20)(H,18,19). The summed E-state index contributed by atoms with van der Waals surface area (Å²) >= 11 is 1.56. The van der Waals surface area contributed by atoms with Crippen molar-refractivity contribution in [2.45, 2.75) is 52.5 Å². The Morgan fingerprint density at radius 2 is 2.19 bits per heavy atom. The molecule has 116 valence electrons. The largest absolute Gasteiger partial charge is 0.481 e. The van der Waals surface area contributed by atoms with Crippen LogP contribution in [0, 0.1) is 11.8 Å². The quantitative estimate of drug-likeness (QED) is 0.878. The molecule has 1 aliphatic rings. The molecule has 0 spiro atoms. The highest BCUT2D eigenvalue weighted by atomic mass is 32.1. The Morgan fingerprint density at radius 3 is 2.81 bits per heavy atom. The van der Waals surface area contributed by atoms with Gasteiger partial charge in [0.05, 0.1) is 11.3 Å². The number of amides is 1. The van der Waals surface area contributed by atoms with Gasteiger partial charge in [-0.05, 0) is 42.7 Å². The molecular weight excluding hydrogens is 286 g/mol. The number of aryl methyl sites for hydroxylation is 1. The van der Waals surface area contributed by atoms with Gasteiger partial charge in [0.15, 0.2) is 0 Å². The molecular formula is C16H23NO3S. The van der Waals surface area contributed by atoms with Gasteiger partial charge in [0.25, 0.3) is 5.91 Å². The van der Waals surface area contributed by atoms with Gasteiger partial charge in [0.2, 0.25) is 0 Å². The second kappa shape index (κ2) is 6.60. The van der Waals surface area contributed by atoms with Gasteiger partial charge >= 0.3 is 5.97 Å². The minimum Gasteiger partial charge on any atom is -0.481 e. The fraction of sp³-hybridized carbons (Fsp3) is 0.625. The summed E-state index contributed by atoms with van der Waals surface area (Å²) in [5.41, 5.74) is 1.29. The minimum absolute atomic E-state index is 0.0362. The molecule has 2 rings (SSSR count). The van der Waals surface area contributed by atoms with Crippen LogP contribution < -0.4 is 5.32 Å². The molecule has 21 heavy (non-hydrogen) atoms. The smallest absolute Gasteiger partial charge is 0.305 e. The average Bonchev–Trinajstić information content (AvgIpc) is 2.80. The van der Waals surface area contributed by atoms with Crippen LogP contribution in [0.15, 0.2) is 6.07 Å². The van der Waals surface area contributed by atoms with Crippen molar-refractivity contribution in [2.24, 2.45) is 11.8 Å². The Labute approximate surface area is 129 Å². The molecule has 1 aliphatic carbocycles. The summed E-state index contributed by atoms with van der Waals surface area (Å²) in [4.78, 5) is 25.3. The monoisotopic (exact) mass is 309 g/mol. The van der Waals surface area contributed by atoms with Crippen molar-refractivity contribution < 1.29 is 14.7 Å². The molecule has 0 aliphatic heterocycles. The van der Waals surface area contributed by atoms with E-state index in [0.29, 0.717) is 10.8 Å². The third kappa shape index (κ3) is 4.06. The highest BCUT2D eigenvalue weighted by Crippen LogP contribution is 2.32. The van der Waals surface area contributed by atoms with Gasteiger partial charge in [-0.2, -0.15) is 0 Å². The molecule has 2 atom stereocenters. The van der Waals surface area contributed by atoms with Gasteiger partial charge in [-0.1, -0.05) is 20.8 Å². The van der Waals surface area contributed by atoms with E-state index in [9.17, 15) is 9.59 Å². The molecule has 1 heterocycles. The first-order valence-electron chi connectivity index (χ1n) is 7.51. The van der Waals surface area contributed by atoms with E-state index >= 15 is 0 Å². The fourth-order valence-electron chi connectivity index (χ4n) is 2.70. The van der Waals surface area contributed by atoms with Crippen LogP contribution in [0.2, 0.25) is 0 Å².